The van der Waals surface area contributed by atoms with Crippen molar-refractivity contribution in [2.75, 3.05) is 0 Å². The predicted molar refractivity (Wildman–Crippen MR) is 86.8 cm³/mol. The van der Waals surface area contributed by atoms with E-state index < -0.39 is 11.2 Å². The van der Waals surface area contributed by atoms with Gasteiger partial charge in [0.15, 0.2) is 0 Å². The van der Waals surface area contributed by atoms with Crippen molar-refractivity contribution in [1.29, 1.82) is 0 Å². The summed E-state index contributed by atoms with van der Waals surface area (Å²) < 4.78 is 0. The smallest absolute Gasteiger partial charge is 0.135 e. The van der Waals surface area contributed by atoms with Crippen molar-refractivity contribution in [1.82, 2.24) is 0 Å². The first-order chi connectivity index (χ1) is 9.16. The van der Waals surface area contributed by atoms with Gasteiger partial charge in [-0.3, -0.25) is 9.98 Å². The average Bonchev–Trinajstić information content (AvgIpc) is 2.41. The Morgan fingerprint density at radius 1 is 0.800 bits per heavy atom. The first-order valence-electron chi connectivity index (χ1n) is 7.62. The molecule has 0 rings (SSSR count). The van der Waals surface area contributed by atoms with Crippen LogP contribution in [0, 0.1) is 0 Å². The van der Waals surface area contributed by atoms with Crippen LogP contribution in [0.3, 0.4) is 0 Å². The summed E-state index contributed by atoms with van der Waals surface area (Å²) in [6.45, 7) is 16.2. The Labute approximate surface area is 124 Å². The minimum Gasteiger partial charge on any atom is -0.292 e. The Kier molecular flexibility index (Phi) is 8.21. The molecule has 0 saturated heterocycles. The van der Waals surface area contributed by atoms with Crippen LogP contribution in [-0.2, 0) is 9.78 Å². The van der Waals surface area contributed by atoms with Gasteiger partial charge in [-0.05, 0) is 54.4 Å². The molecular formula is C16H32N2O2. The molecule has 2 atom stereocenters. The molecule has 0 fully saturated rings. The highest BCUT2D eigenvalue weighted by Gasteiger charge is 2.29. The first kappa shape index (κ1) is 19.3. The Morgan fingerprint density at radius 2 is 1.10 bits per heavy atom. The molecule has 0 bridgehead atoms. The van der Waals surface area contributed by atoms with Crippen LogP contribution in [0.1, 0.15) is 68.2 Å². The van der Waals surface area contributed by atoms with Crippen molar-refractivity contribution in [2.45, 2.75) is 91.5 Å². The lowest BCUT2D eigenvalue weighted by molar-refractivity contribution is -0.375. The van der Waals surface area contributed by atoms with E-state index in [-0.39, 0.29) is 12.1 Å². The largest absolute Gasteiger partial charge is 0.292 e. The summed E-state index contributed by atoms with van der Waals surface area (Å²) in [7, 11) is 0. The van der Waals surface area contributed by atoms with E-state index in [9.17, 15) is 0 Å². The van der Waals surface area contributed by atoms with Crippen LogP contribution in [0.5, 0.6) is 0 Å². The van der Waals surface area contributed by atoms with E-state index in [0.29, 0.717) is 0 Å². The van der Waals surface area contributed by atoms with Crippen LogP contribution in [0.2, 0.25) is 0 Å². The maximum absolute atomic E-state index is 5.68. The summed E-state index contributed by atoms with van der Waals surface area (Å²) in [6, 6.07) is 0.508. The lowest BCUT2D eigenvalue weighted by Crippen LogP contribution is -2.38. The second-order valence-electron chi connectivity index (χ2n) is 6.24. The lowest BCUT2D eigenvalue weighted by atomic mass is 10.1. The van der Waals surface area contributed by atoms with Gasteiger partial charge in [0.25, 0.3) is 0 Å². The summed E-state index contributed by atoms with van der Waals surface area (Å²) in [5, 5.41) is 0. The van der Waals surface area contributed by atoms with Gasteiger partial charge in [0.1, 0.15) is 11.2 Å². The van der Waals surface area contributed by atoms with Gasteiger partial charge in [0.05, 0.1) is 0 Å². The van der Waals surface area contributed by atoms with E-state index in [1.807, 2.05) is 54.0 Å². The average molecular weight is 284 g/mol. The summed E-state index contributed by atoms with van der Waals surface area (Å²) in [5.41, 5.74) is -1.02. The fourth-order valence-electron chi connectivity index (χ4n) is 1.15. The van der Waals surface area contributed by atoms with E-state index in [0.717, 1.165) is 12.8 Å². The Bertz CT molecular complexity index is 294. The van der Waals surface area contributed by atoms with Crippen LogP contribution in [-0.4, -0.2) is 35.7 Å². The highest BCUT2D eigenvalue weighted by atomic mass is 17.2. The molecule has 0 spiro atoms. The molecule has 0 aliphatic heterocycles. The number of rotatable bonds is 9. The van der Waals surface area contributed by atoms with Crippen molar-refractivity contribution in [2.24, 2.45) is 9.98 Å². The van der Waals surface area contributed by atoms with Crippen LogP contribution in [0.4, 0.5) is 0 Å². The molecule has 0 aliphatic carbocycles. The molecule has 0 heterocycles. The second-order valence-corrected chi connectivity index (χ2v) is 6.24. The van der Waals surface area contributed by atoms with Gasteiger partial charge in [-0.1, -0.05) is 13.8 Å². The second kappa shape index (κ2) is 8.53. The summed E-state index contributed by atoms with van der Waals surface area (Å²) in [5.74, 6) is 0. The van der Waals surface area contributed by atoms with Gasteiger partial charge in [-0.15, -0.1) is 0 Å². The highest BCUT2D eigenvalue weighted by Crippen LogP contribution is 2.20. The molecule has 2 unspecified atom stereocenters. The maximum Gasteiger partial charge on any atom is 0.135 e. The monoisotopic (exact) mass is 284 g/mol. The molecule has 0 aliphatic rings. The number of aliphatic imine (C=N–C) groups is 2. The summed E-state index contributed by atoms with van der Waals surface area (Å²) in [4.78, 5) is 20.2. The fraction of sp³-hybridized carbons (Fsp3) is 0.875. The Hall–Kier alpha value is -0.740. The third-order valence-electron chi connectivity index (χ3n) is 3.12. The number of hydrogen-bond acceptors (Lipinski definition) is 4. The maximum atomic E-state index is 5.68. The number of nitrogens with zero attached hydrogens (tertiary/aromatic N) is 2. The molecule has 0 N–H and O–H groups in total. The normalized spacial score (nSPS) is 19.1. The molecule has 0 saturated carbocycles. The lowest BCUT2D eigenvalue weighted by Gasteiger charge is -2.30. The third kappa shape index (κ3) is 7.75. The van der Waals surface area contributed by atoms with E-state index >= 15 is 0 Å². The van der Waals surface area contributed by atoms with Crippen molar-refractivity contribution >= 4 is 12.4 Å². The Morgan fingerprint density at radius 3 is 1.30 bits per heavy atom. The molecule has 118 valence electrons. The van der Waals surface area contributed by atoms with E-state index in [4.69, 9.17) is 9.78 Å². The van der Waals surface area contributed by atoms with Crippen LogP contribution in [0.15, 0.2) is 9.98 Å². The SMILES string of the molecule is CCC(C)(C=NC(C)C)OOC(C)(C=NC(C)C)CC. The molecular weight excluding hydrogens is 252 g/mol. The highest BCUT2D eigenvalue weighted by molar-refractivity contribution is 5.69. The molecule has 20 heavy (non-hydrogen) atoms. The van der Waals surface area contributed by atoms with Crippen LogP contribution < -0.4 is 0 Å². The van der Waals surface area contributed by atoms with Crippen molar-refractivity contribution in [3.63, 3.8) is 0 Å². The van der Waals surface area contributed by atoms with E-state index in [2.05, 4.69) is 23.8 Å². The zero-order chi connectivity index (χ0) is 15.8. The molecule has 0 aromatic carbocycles. The van der Waals surface area contributed by atoms with Crippen molar-refractivity contribution in [3.05, 3.63) is 0 Å². The van der Waals surface area contributed by atoms with Gasteiger partial charge in [0.2, 0.25) is 0 Å². The molecule has 0 amide bonds. The zero-order valence-electron chi connectivity index (χ0n) is 14.4. The topological polar surface area (TPSA) is 43.2 Å². The molecule has 0 aromatic heterocycles. The molecule has 4 nitrogen and oxygen atoms in total. The van der Waals surface area contributed by atoms with Crippen molar-refractivity contribution in [3.8, 4) is 0 Å². The quantitative estimate of drug-likeness (QED) is 0.361. The molecule has 0 aromatic rings. The minimum absolute atomic E-state index is 0.254. The van der Waals surface area contributed by atoms with Gasteiger partial charge in [0, 0.05) is 24.5 Å². The van der Waals surface area contributed by atoms with Gasteiger partial charge >= 0.3 is 0 Å². The summed E-state index contributed by atoms with van der Waals surface area (Å²) in [6.07, 6.45) is 5.27. The third-order valence-corrected chi connectivity index (χ3v) is 3.12. The first-order valence-corrected chi connectivity index (χ1v) is 7.62. The predicted octanol–water partition coefficient (Wildman–Crippen LogP) is 4.23. The van der Waals surface area contributed by atoms with Crippen LogP contribution >= 0.6 is 0 Å². The zero-order valence-corrected chi connectivity index (χ0v) is 14.4. The van der Waals surface area contributed by atoms with Gasteiger partial charge < -0.3 is 0 Å². The Balaban J connectivity index is 4.74. The fourth-order valence-corrected chi connectivity index (χ4v) is 1.15. The van der Waals surface area contributed by atoms with E-state index in [1.54, 1.807) is 0 Å². The standard InChI is InChI=1S/C16H32N2O2/c1-9-15(7,11-17-13(3)4)19-20-16(8,10-2)12-18-14(5)6/h11-14H,9-10H2,1-8H3. The number of hydrogen-bond donors (Lipinski definition) is 0. The molecule has 0 radical (unpaired) electrons. The van der Waals surface area contributed by atoms with Gasteiger partial charge in [-0.25, -0.2) is 9.78 Å². The van der Waals surface area contributed by atoms with Crippen LogP contribution in [0.25, 0.3) is 0 Å². The van der Waals surface area contributed by atoms with Crippen molar-refractivity contribution < 1.29 is 9.78 Å². The minimum atomic E-state index is -0.508. The molecule has 4 heteroatoms. The summed E-state index contributed by atoms with van der Waals surface area (Å²) >= 11 is 0. The van der Waals surface area contributed by atoms with E-state index in [1.165, 1.54) is 0 Å². The van der Waals surface area contributed by atoms with Gasteiger partial charge in [-0.2, -0.15) is 0 Å².